The van der Waals surface area contributed by atoms with Crippen molar-refractivity contribution in [1.29, 1.82) is 0 Å². The monoisotopic (exact) mass is 935 g/mol. The predicted molar refractivity (Wildman–Crippen MR) is 288 cm³/mol. The lowest BCUT2D eigenvalue weighted by atomic mass is 10.0. The molecule has 0 aliphatic carbocycles. The Morgan fingerprint density at radius 2 is 0.537 bits per heavy atom. The normalized spacial score (nSPS) is 12.6. The minimum absolute atomic E-state index is 0.0973. The Morgan fingerprint density at radius 3 is 0.896 bits per heavy atom. The van der Waals surface area contributed by atoms with E-state index >= 15 is 0 Å². The first-order valence-corrected chi connectivity index (χ1v) is 28.4. The molecule has 0 rings (SSSR count). The van der Waals surface area contributed by atoms with E-state index in [4.69, 9.17) is 14.2 Å². The van der Waals surface area contributed by atoms with Gasteiger partial charge >= 0.3 is 17.9 Å². The molecule has 0 radical (unpaired) electrons. The Labute approximate surface area is 414 Å². The van der Waals surface area contributed by atoms with Crippen LogP contribution in [0.4, 0.5) is 0 Å². The van der Waals surface area contributed by atoms with Crippen molar-refractivity contribution in [2.75, 3.05) is 13.2 Å². The Balaban J connectivity index is 4.46. The maximum Gasteiger partial charge on any atom is 0.306 e. The highest BCUT2D eigenvalue weighted by Crippen LogP contribution is 2.16. The number of rotatable bonds is 51. The smallest absolute Gasteiger partial charge is 0.306 e. The van der Waals surface area contributed by atoms with Crippen molar-refractivity contribution in [3.8, 4) is 0 Å². The van der Waals surface area contributed by atoms with Crippen LogP contribution in [0, 0.1) is 0 Å². The predicted octanol–water partition coefficient (Wildman–Crippen LogP) is 19.0. The van der Waals surface area contributed by atoms with E-state index in [1.54, 1.807) is 0 Å². The van der Waals surface area contributed by atoms with Gasteiger partial charge in [0.05, 0.1) is 0 Å². The van der Waals surface area contributed by atoms with E-state index in [9.17, 15) is 14.4 Å². The van der Waals surface area contributed by atoms with Gasteiger partial charge in [-0.3, -0.25) is 14.4 Å². The average molecular weight is 936 g/mol. The van der Waals surface area contributed by atoms with E-state index in [-0.39, 0.29) is 31.1 Å². The first-order valence-electron chi connectivity index (χ1n) is 28.4. The minimum Gasteiger partial charge on any atom is -0.462 e. The highest BCUT2D eigenvalue weighted by molar-refractivity contribution is 5.71. The van der Waals surface area contributed by atoms with Gasteiger partial charge in [0, 0.05) is 19.3 Å². The summed E-state index contributed by atoms with van der Waals surface area (Å²) in [5.41, 5.74) is 0. The minimum atomic E-state index is -0.799. The van der Waals surface area contributed by atoms with Crippen LogP contribution >= 0.6 is 0 Å². The second-order valence-electron chi connectivity index (χ2n) is 18.8. The number of hydrogen-bond acceptors (Lipinski definition) is 6. The second-order valence-corrected chi connectivity index (χ2v) is 18.8. The summed E-state index contributed by atoms with van der Waals surface area (Å²) in [5.74, 6) is -0.947. The molecular weight excluding hydrogens is 829 g/mol. The molecule has 6 heteroatoms. The molecule has 0 spiro atoms. The molecule has 1 atom stereocenters. The summed E-state index contributed by atoms with van der Waals surface area (Å²) in [4.78, 5) is 38.1. The maximum absolute atomic E-state index is 12.9. The van der Waals surface area contributed by atoms with Crippen LogP contribution in [-0.4, -0.2) is 37.2 Å². The summed E-state index contributed by atoms with van der Waals surface area (Å²) in [6, 6.07) is 0. The molecule has 6 nitrogen and oxygen atoms in total. The van der Waals surface area contributed by atoms with Crippen LogP contribution in [0.1, 0.15) is 278 Å². The summed E-state index contributed by atoms with van der Waals surface area (Å²) in [7, 11) is 0. The molecule has 0 bridgehead atoms. The van der Waals surface area contributed by atoms with Crippen LogP contribution in [-0.2, 0) is 28.6 Å². The molecule has 0 fully saturated rings. The number of carbonyl (C=O) groups is 3. The first-order chi connectivity index (χ1) is 33.0. The van der Waals surface area contributed by atoms with E-state index < -0.39 is 6.10 Å². The highest BCUT2D eigenvalue weighted by Gasteiger charge is 2.19. The van der Waals surface area contributed by atoms with Crippen LogP contribution in [0.25, 0.3) is 0 Å². The SMILES string of the molecule is CCCCC/C=C\C/C=C\C/C=C\CCCCCCC(=O)OC[C@H](COC(=O)CCCC/C=C\C/C=C\C/C=C\CCCCC)OC(=O)CCCCCCCCCCCCCCCCCCC. The van der Waals surface area contributed by atoms with Crippen molar-refractivity contribution in [2.24, 2.45) is 0 Å². The highest BCUT2D eigenvalue weighted by atomic mass is 16.6. The Kier molecular flexibility index (Phi) is 52.8. The molecule has 0 aromatic carbocycles. The van der Waals surface area contributed by atoms with E-state index in [0.717, 1.165) is 96.3 Å². The van der Waals surface area contributed by atoms with E-state index in [0.29, 0.717) is 19.3 Å². The molecule has 0 saturated carbocycles. The van der Waals surface area contributed by atoms with Gasteiger partial charge in [0.25, 0.3) is 0 Å². The maximum atomic E-state index is 12.9. The summed E-state index contributed by atoms with van der Waals surface area (Å²) in [6.07, 6.45) is 70.3. The Hall–Kier alpha value is -3.15. The topological polar surface area (TPSA) is 78.9 Å². The number of esters is 3. The van der Waals surface area contributed by atoms with E-state index in [2.05, 4.69) is 93.7 Å². The zero-order valence-corrected chi connectivity index (χ0v) is 44.2. The zero-order valence-electron chi connectivity index (χ0n) is 44.2. The molecule has 0 aliphatic rings. The number of allylic oxidation sites excluding steroid dienone is 12. The molecule has 386 valence electrons. The van der Waals surface area contributed by atoms with Gasteiger partial charge in [-0.25, -0.2) is 0 Å². The lowest BCUT2D eigenvalue weighted by Crippen LogP contribution is -2.30. The molecular formula is C61H106O6. The van der Waals surface area contributed by atoms with Gasteiger partial charge in [0.1, 0.15) is 13.2 Å². The summed E-state index contributed by atoms with van der Waals surface area (Å²) < 4.78 is 16.8. The van der Waals surface area contributed by atoms with Gasteiger partial charge < -0.3 is 14.2 Å². The molecule has 0 N–H and O–H groups in total. The molecule has 0 unspecified atom stereocenters. The van der Waals surface area contributed by atoms with E-state index in [1.807, 2.05) is 0 Å². The third kappa shape index (κ3) is 53.7. The molecule has 0 amide bonds. The lowest BCUT2D eigenvalue weighted by molar-refractivity contribution is -0.167. The fourth-order valence-corrected chi connectivity index (χ4v) is 7.87. The summed E-state index contributed by atoms with van der Waals surface area (Å²) in [5, 5.41) is 0. The van der Waals surface area contributed by atoms with Gasteiger partial charge in [0.15, 0.2) is 6.10 Å². The first kappa shape index (κ1) is 63.8. The molecule has 0 aromatic heterocycles. The van der Waals surface area contributed by atoms with Gasteiger partial charge in [-0.05, 0) is 96.3 Å². The standard InChI is InChI=1S/C61H106O6/c1-4-7-10-13-16-19-22-25-28-30-33-36-39-42-45-48-51-54-60(63)66-57-58(56-65-59(62)53-50-47-44-41-38-35-32-27-24-21-18-15-12-9-6-3)67-61(64)55-52-49-46-43-40-37-34-31-29-26-23-20-17-14-11-8-5-2/h16,18-19,21,25,27-28,32-33,36,38,41,58H,4-15,17,20,22-24,26,29-31,34-35,37,39-40,42-57H2,1-3H3/b19-16-,21-18-,28-25-,32-27-,36-33-,41-38-/t58-/m0/s1. The number of hydrogen-bond donors (Lipinski definition) is 0. The van der Waals surface area contributed by atoms with Crippen LogP contribution in [0.5, 0.6) is 0 Å². The fraction of sp³-hybridized carbons (Fsp3) is 0.754. The van der Waals surface area contributed by atoms with Crippen LogP contribution in [0.2, 0.25) is 0 Å². The fourth-order valence-electron chi connectivity index (χ4n) is 7.87. The van der Waals surface area contributed by atoms with E-state index in [1.165, 1.54) is 141 Å². The van der Waals surface area contributed by atoms with Gasteiger partial charge in [0.2, 0.25) is 0 Å². The number of carbonyl (C=O) groups excluding carboxylic acids is 3. The van der Waals surface area contributed by atoms with Crippen LogP contribution in [0.15, 0.2) is 72.9 Å². The molecule has 0 aliphatic heterocycles. The second kappa shape index (κ2) is 55.4. The van der Waals surface area contributed by atoms with Crippen molar-refractivity contribution in [3.05, 3.63) is 72.9 Å². The number of unbranched alkanes of at least 4 members (excludes halogenated alkanes) is 28. The molecule has 0 aromatic rings. The van der Waals surface area contributed by atoms with Crippen molar-refractivity contribution in [1.82, 2.24) is 0 Å². The van der Waals surface area contributed by atoms with Crippen LogP contribution in [0.3, 0.4) is 0 Å². The average Bonchev–Trinajstić information content (AvgIpc) is 3.33. The van der Waals surface area contributed by atoms with Gasteiger partial charge in [-0.1, -0.05) is 235 Å². The van der Waals surface area contributed by atoms with Crippen molar-refractivity contribution >= 4 is 17.9 Å². The third-order valence-electron chi connectivity index (χ3n) is 12.2. The third-order valence-corrected chi connectivity index (χ3v) is 12.2. The summed E-state index contributed by atoms with van der Waals surface area (Å²) >= 11 is 0. The largest absolute Gasteiger partial charge is 0.462 e. The molecule has 67 heavy (non-hydrogen) atoms. The van der Waals surface area contributed by atoms with Gasteiger partial charge in [-0.15, -0.1) is 0 Å². The Bertz CT molecular complexity index is 1260. The van der Waals surface area contributed by atoms with Crippen molar-refractivity contribution in [2.45, 2.75) is 284 Å². The zero-order chi connectivity index (χ0) is 48.6. The van der Waals surface area contributed by atoms with Crippen molar-refractivity contribution < 1.29 is 28.6 Å². The number of ether oxygens (including phenoxy) is 3. The summed E-state index contributed by atoms with van der Waals surface area (Å²) in [6.45, 7) is 6.55. The quantitative estimate of drug-likeness (QED) is 0.0262. The molecule has 0 saturated heterocycles. The van der Waals surface area contributed by atoms with Gasteiger partial charge in [-0.2, -0.15) is 0 Å². The Morgan fingerprint density at radius 1 is 0.299 bits per heavy atom. The van der Waals surface area contributed by atoms with Crippen LogP contribution < -0.4 is 0 Å². The van der Waals surface area contributed by atoms with Crippen molar-refractivity contribution in [3.63, 3.8) is 0 Å². The lowest BCUT2D eigenvalue weighted by Gasteiger charge is -2.18. The molecule has 0 heterocycles.